The van der Waals surface area contributed by atoms with E-state index in [9.17, 15) is 0 Å². The standard InChI is InChI=1S/C11H22/c1-4-5-11-8-9(2)6-7-10(11)3/h9-11H,4-8H2,1-3H3/t9-,10?,11-/m1/s1. The second-order valence-corrected chi connectivity index (χ2v) is 4.44. The van der Waals surface area contributed by atoms with Crippen LogP contribution in [-0.4, -0.2) is 0 Å². The van der Waals surface area contributed by atoms with Crippen LogP contribution in [0.25, 0.3) is 0 Å². The fraction of sp³-hybridized carbons (Fsp3) is 1.00. The average Bonchev–Trinajstić information content (AvgIpc) is 1.98. The first-order chi connectivity index (χ1) is 5.24. The molecule has 0 spiro atoms. The van der Waals surface area contributed by atoms with Crippen LogP contribution in [0.15, 0.2) is 0 Å². The maximum absolute atomic E-state index is 2.44. The molecule has 1 aliphatic carbocycles. The van der Waals surface area contributed by atoms with Gasteiger partial charge in [-0.05, 0) is 24.2 Å². The Hall–Kier alpha value is 0. The average molecular weight is 154 g/mol. The van der Waals surface area contributed by atoms with Gasteiger partial charge >= 0.3 is 0 Å². The van der Waals surface area contributed by atoms with E-state index < -0.39 is 0 Å². The molecule has 0 aliphatic heterocycles. The van der Waals surface area contributed by atoms with Gasteiger partial charge in [0.2, 0.25) is 0 Å². The lowest BCUT2D eigenvalue weighted by molar-refractivity contribution is 0.192. The summed E-state index contributed by atoms with van der Waals surface area (Å²) in [5, 5.41) is 0. The zero-order valence-electron chi connectivity index (χ0n) is 8.27. The van der Waals surface area contributed by atoms with Crippen LogP contribution < -0.4 is 0 Å². The minimum Gasteiger partial charge on any atom is -0.0654 e. The first kappa shape index (κ1) is 9.09. The molecule has 0 radical (unpaired) electrons. The molecule has 1 unspecified atom stereocenters. The topological polar surface area (TPSA) is 0 Å². The monoisotopic (exact) mass is 154 g/mol. The maximum atomic E-state index is 2.44. The minimum atomic E-state index is 1.00. The summed E-state index contributed by atoms with van der Waals surface area (Å²) in [6, 6.07) is 0. The van der Waals surface area contributed by atoms with Gasteiger partial charge in [0.25, 0.3) is 0 Å². The molecule has 0 saturated heterocycles. The second kappa shape index (κ2) is 4.13. The first-order valence-electron chi connectivity index (χ1n) is 5.24. The van der Waals surface area contributed by atoms with Crippen molar-refractivity contribution in [3.63, 3.8) is 0 Å². The summed E-state index contributed by atoms with van der Waals surface area (Å²) >= 11 is 0. The van der Waals surface area contributed by atoms with Gasteiger partial charge in [0, 0.05) is 0 Å². The highest BCUT2D eigenvalue weighted by Gasteiger charge is 2.24. The summed E-state index contributed by atoms with van der Waals surface area (Å²) in [6.07, 6.45) is 7.29. The van der Waals surface area contributed by atoms with E-state index in [1.807, 2.05) is 0 Å². The smallest absolute Gasteiger partial charge is 0.0386 e. The van der Waals surface area contributed by atoms with Crippen molar-refractivity contribution < 1.29 is 0 Å². The van der Waals surface area contributed by atoms with Crippen LogP contribution in [0, 0.1) is 17.8 Å². The molecule has 0 aromatic carbocycles. The Balaban J connectivity index is 2.34. The molecule has 1 fully saturated rings. The van der Waals surface area contributed by atoms with Crippen LogP contribution >= 0.6 is 0 Å². The Morgan fingerprint density at radius 2 is 1.91 bits per heavy atom. The van der Waals surface area contributed by atoms with Crippen molar-refractivity contribution in [3.05, 3.63) is 0 Å². The van der Waals surface area contributed by atoms with Gasteiger partial charge < -0.3 is 0 Å². The Labute approximate surface area is 71.4 Å². The molecule has 0 bridgehead atoms. The third-order valence-corrected chi connectivity index (χ3v) is 3.28. The second-order valence-electron chi connectivity index (χ2n) is 4.44. The molecular formula is C11H22. The normalized spacial score (nSPS) is 39.0. The van der Waals surface area contributed by atoms with E-state index in [1.165, 1.54) is 32.1 Å². The molecule has 0 heterocycles. The minimum absolute atomic E-state index is 1.00. The fourth-order valence-corrected chi connectivity index (χ4v) is 2.42. The highest BCUT2D eigenvalue weighted by atomic mass is 14.3. The Morgan fingerprint density at radius 1 is 1.18 bits per heavy atom. The third kappa shape index (κ3) is 2.50. The van der Waals surface area contributed by atoms with E-state index in [0.29, 0.717) is 0 Å². The summed E-state index contributed by atoms with van der Waals surface area (Å²) in [5.74, 6) is 3.05. The van der Waals surface area contributed by atoms with E-state index in [1.54, 1.807) is 0 Å². The molecule has 1 rings (SSSR count). The highest BCUT2D eigenvalue weighted by molar-refractivity contribution is 4.75. The van der Waals surface area contributed by atoms with Crippen molar-refractivity contribution in [2.24, 2.45) is 17.8 Å². The largest absolute Gasteiger partial charge is 0.0654 e. The molecule has 11 heavy (non-hydrogen) atoms. The highest BCUT2D eigenvalue weighted by Crippen LogP contribution is 2.35. The van der Waals surface area contributed by atoms with Gasteiger partial charge in [-0.3, -0.25) is 0 Å². The van der Waals surface area contributed by atoms with Gasteiger partial charge in [0.15, 0.2) is 0 Å². The van der Waals surface area contributed by atoms with Gasteiger partial charge in [-0.2, -0.15) is 0 Å². The van der Waals surface area contributed by atoms with Gasteiger partial charge in [-0.15, -0.1) is 0 Å². The molecular weight excluding hydrogens is 132 g/mol. The lowest BCUT2D eigenvalue weighted by Crippen LogP contribution is -2.21. The van der Waals surface area contributed by atoms with E-state index in [4.69, 9.17) is 0 Å². The molecule has 0 heteroatoms. The van der Waals surface area contributed by atoms with Crippen LogP contribution in [0.5, 0.6) is 0 Å². The van der Waals surface area contributed by atoms with Crippen molar-refractivity contribution in [2.75, 3.05) is 0 Å². The Bertz CT molecular complexity index is 107. The molecule has 0 aromatic heterocycles. The molecule has 0 nitrogen and oxygen atoms in total. The predicted octanol–water partition coefficient (Wildman–Crippen LogP) is 3.86. The predicted molar refractivity (Wildman–Crippen MR) is 50.6 cm³/mol. The van der Waals surface area contributed by atoms with Crippen LogP contribution in [0.2, 0.25) is 0 Å². The van der Waals surface area contributed by atoms with E-state index in [2.05, 4.69) is 20.8 Å². The number of hydrogen-bond acceptors (Lipinski definition) is 0. The summed E-state index contributed by atoms with van der Waals surface area (Å²) in [4.78, 5) is 0. The van der Waals surface area contributed by atoms with Crippen molar-refractivity contribution in [1.29, 1.82) is 0 Å². The molecule has 0 N–H and O–H groups in total. The van der Waals surface area contributed by atoms with Crippen molar-refractivity contribution in [3.8, 4) is 0 Å². The van der Waals surface area contributed by atoms with Crippen molar-refractivity contribution in [2.45, 2.75) is 52.9 Å². The quantitative estimate of drug-likeness (QED) is 0.566. The van der Waals surface area contributed by atoms with Crippen LogP contribution in [0.3, 0.4) is 0 Å². The van der Waals surface area contributed by atoms with Crippen LogP contribution in [-0.2, 0) is 0 Å². The van der Waals surface area contributed by atoms with E-state index in [0.717, 1.165) is 17.8 Å². The third-order valence-electron chi connectivity index (χ3n) is 3.28. The number of rotatable bonds is 2. The van der Waals surface area contributed by atoms with Gasteiger partial charge in [0.1, 0.15) is 0 Å². The van der Waals surface area contributed by atoms with E-state index in [-0.39, 0.29) is 0 Å². The summed E-state index contributed by atoms with van der Waals surface area (Å²) < 4.78 is 0. The van der Waals surface area contributed by atoms with E-state index >= 15 is 0 Å². The first-order valence-corrected chi connectivity index (χ1v) is 5.24. The Morgan fingerprint density at radius 3 is 2.55 bits per heavy atom. The molecule has 0 amide bonds. The molecule has 66 valence electrons. The molecule has 1 aliphatic rings. The molecule has 3 atom stereocenters. The van der Waals surface area contributed by atoms with Crippen molar-refractivity contribution >= 4 is 0 Å². The molecule has 0 aromatic rings. The SMILES string of the molecule is CCC[C@@H]1C[C@H](C)CCC1C. The zero-order chi connectivity index (χ0) is 8.27. The van der Waals surface area contributed by atoms with Crippen LogP contribution in [0.4, 0.5) is 0 Å². The molecule has 1 saturated carbocycles. The zero-order valence-corrected chi connectivity index (χ0v) is 8.27. The maximum Gasteiger partial charge on any atom is -0.0386 e. The fourth-order valence-electron chi connectivity index (χ4n) is 2.42. The van der Waals surface area contributed by atoms with Gasteiger partial charge in [0.05, 0.1) is 0 Å². The summed E-state index contributed by atoms with van der Waals surface area (Å²) in [5.41, 5.74) is 0. The number of hydrogen-bond donors (Lipinski definition) is 0. The van der Waals surface area contributed by atoms with Gasteiger partial charge in [-0.1, -0.05) is 46.5 Å². The summed E-state index contributed by atoms with van der Waals surface area (Å²) in [7, 11) is 0. The lowest BCUT2D eigenvalue weighted by atomic mass is 9.74. The Kier molecular flexibility index (Phi) is 3.42. The summed E-state index contributed by atoms with van der Waals surface area (Å²) in [6.45, 7) is 7.16. The lowest BCUT2D eigenvalue weighted by Gasteiger charge is -2.32. The van der Waals surface area contributed by atoms with Crippen molar-refractivity contribution in [1.82, 2.24) is 0 Å². The van der Waals surface area contributed by atoms with Crippen LogP contribution in [0.1, 0.15) is 52.9 Å². The van der Waals surface area contributed by atoms with Gasteiger partial charge in [-0.25, -0.2) is 0 Å².